The van der Waals surface area contributed by atoms with Crippen LogP contribution in [0.3, 0.4) is 0 Å². The second kappa shape index (κ2) is 28.8. The molecular formula is C69H74N4. The number of aromatic nitrogens is 2. The van der Waals surface area contributed by atoms with Crippen molar-refractivity contribution in [2.75, 3.05) is 24.5 Å². The van der Waals surface area contributed by atoms with E-state index in [1.54, 1.807) is 6.08 Å². The summed E-state index contributed by atoms with van der Waals surface area (Å²) in [5, 5.41) is 2.31. The molecule has 6 rings (SSSR count). The molecule has 0 unspecified atom stereocenters. The number of fused-ring (bicyclic) bond motifs is 4. The molecule has 1 aliphatic rings. The molecule has 370 valence electrons. The van der Waals surface area contributed by atoms with Gasteiger partial charge in [0, 0.05) is 83.9 Å². The van der Waals surface area contributed by atoms with E-state index in [2.05, 4.69) is 237 Å². The van der Waals surface area contributed by atoms with Gasteiger partial charge in [0.15, 0.2) is 0 Å². The van der Waals surface area contributed by atoms with Crippen LogP contribution in [0.5, 0.6) is 0 Å². The van der Waals surface area contributed by atoms with E-state index in [4.69, 9.17) is 6.42 Å². The minimum Gasteiger partial charge on any atom is -0.364 e. The second-order valence-electron chi connectivity index (χ2n) is 16.8. The molecule has 1 aliphatic carbocycles. The lowest BCUT2D eigenvalue weighted by Gasteiger charge is -2.28. The number of hydrogen-bond donors (Lipinski definition) is 0. The third-order valence-corrected chi connectivity index (χ3v) is 12.6. The maximum Gasteiger partial charge on any atom is 0.0572 e. The molecule has 0 N–H and O–H groups in total. The molecule has 4 nitrogen and oxygen atoms in total. The molecule has 0 atom stereocenters. The zero-order chi connectivity index (χ0) is 52.5. The van der Waals surface area contributed by atoms with Crippen LogP contribution in [0.25, 0.3) is 51.8 Å². The highest BCUT2D eigenvalue weighted by atomic mass is 15.1. The highest BCUT2D eigenvalue weighted by molar-refractivity contribution is 5.97. The lowest BCUT2D eigenvalue weighted by Crippen LogP contribution is -2.24. The van der Waals surface area contributed by atoms with Crippen LogP contribution in [-0.4, -0.2) is 33.7 Å². The van der Waals surface area contributed by atoms with Crippen molar-refractivity contribution >= 4 is 57.5 Å². The fourth-order valence-corrected chi connectivity index (χ4v) is 9.10. The number of anilines is 1. The Balaban J connectivity index is 0.00000390. The summed E-state index contributed by atoms with van der Waals surface area (Å²) >= 11 is 0. The van der Waals surface area contributed by atoms with Gasteiger partial charge in [0.25, 0.3) is 0 Å². The molecule has 0 bridgehead atoms. The molecule has 73 heavy (non-hydrogen) atoms. The monoisotopic (exact) mass is 959 g/mol. The predicted molar refractivity (Wildman–Crippen MR) is 327 cm³/mol. The van der Waals surface area contributed by atoms with Gasteiger partial charge >= 0.3 is 0 Å². The quantitative estimate of drug-likeness (QED) is 0.0265. The molecule has 0 saturated heterocycles. The van der Waals surface area contributed by atoms with E-state index < -0.39 is 0 Å². The zero-order valence-corrected chi connectivity index (χ0v) is 43.6. The molecule has 0 radical (unpaired) electrons. The van der Waals surface area contributed by atoms with Gasteiger partial charge in [0.05, 0.1) is 16.9 Å². The largest absolute Gasteiger partial charge is 0.364 e. The molecule has 0 aliphatic heterocycles. The number of rotatable bonds is 24. The molecular weight excluding hydrogens is 885 g/mol. The minimum absolute atomic E-state index is 0. The van der Waals surface area contributed by atoms with Gasteiger partial charge in [-0.2, -0.15) is 0 Å². The van der Waals surface area contributed by atoms with E-state index in [1.165, 1.54) is 22.1 Å². The van der Waals surface area contributed by atoms with Crippen molar-refractivity contribution in [3.05, 3.63) is 284 Å². The number of para-hydroxylation sites is 3. The summed E-state index contributed by atoms with van der Waals surface area (Å²) < 4.78 is 4.67. The summed E-state index contributed by atoms with van der Waals surface area (Å²) in [5.74, 6) is 2.67. The van der Waals surface area contributed by atoms with E-state index >= 15 is 0 Å². The van der Waals surface area contributed by atoms with Crippen molar-refractivity contribution in [1.29, 1.82) is 0 Å². The summed E-state index contributed by atoms with van der Waals surface area (Å²) in [5.41, 5.74) is 18.5. The smallest absolute Gasteiger partial charge is 0.0572 e. The SMILES string of the molecule is C#C/C=C\Cc1ccccc1N(CC)C(/C=C(C=C)/C(=C/CN(C/C=C\C=C)C(/C=C\C=C)=C(/C)CC)/C=C(\C=C)n1c(/C=C\C)c(C=C)c2ccccc21)=C/Cn1c2c(c3ccccc31)C=CC=C=C2.C=C.[HH]. The normalized spacial score (nSPS) is 13.3. The Morgan fingerprint density at radius 3 is 2.23 bits per heavy atom. The van der Waals surface area contributed by atoms with Crippen molar-refractivity contribution in [1.82, 2.24) is 14.0 Å². The third-order valence-electron chi connectivity index (χ3n) is 12.6. The highest BCUT2D eigenvalue weighted by Gasteiger charge is 2.19. The van der Waals surface area contributed by atoms with Gasteiger partial charge < -0.3 is 18.9 Å². The number of allylic oxidation sites excluding steroid dienone is 19. The molecule has 0 fully saturated rings. The Morgan fingerprint density at radius 2 is 1.55 bits per heavy atom. The van der Waals surface area contributed by atoms with Gasteiger partial charge in [0.2, 0.25) is 0 Å². The molecule has 2 aromatic heterocycles. The Hall–Kier alpha value is -8.74. The fraction of sp³-hybridized carbons (Fsp3) is 0.145. The van der Waals surface area contributed by atoms with E-state index in [-0.39, 0.29) is 1.43 Å². The van der Waals surface area contributed by atoms with Gasteiger partial charge in [-0.1, -0.05) is 179 Å². The topological polar surface area (TPSA) is 16.3 Å². The van der Waals surface area contributed by atoms with Gasteiger partial charge in [-0.15, -0.1) is 25.3 Å². The minimum atomic E-state index is 0. The zero-order valence-electron chi connectivity index (χ0n) is 43.6. The maximum absolute atomic E-state index is 5.69. The number of likely N-dealkylation sites (N-methyl/N-ethyl adjacent to an activating group) is 1. The standard InChI is InChI=1S/C67H68N4.C2H4.H2/c1-11-20-24-35-54-36-27-30-41-63(54)69(19-9)57(46-49-70-64-42-26-23-25-37-60(64)61-39-28-31-43-65(61)70)50-53(16-6)55(45-48-68(47-33-21-12-2)62(40-22-13-3)52(10)15-5)51-56(17-7)71-66(34-14-4)58(18-8)59-38-29-32-44-67(59)71;1-2;/h1,12-14,16-18,20-25,27-34,36-46,50-51H,2-3,6-8,15,19,35,47-49H2,4-5,9-10H3;1-2H2;1H/b24-20-,33-21-,34-14-,40-22-,53-50+,55-45+,56-51+,57-46+,62-52-;;. The molecule has 0 spiro atoms. The van der Waals surface area contributed by atoms with Gasteiger partial charge in [-0.3, -0.25) is 0 Å². The van der Waals surface area contributed by atoms with E-state index in [0.29, 0.717) is 32.6 Å². The van der Waals surface area contributed by atoms with E-state index in [0.717, 1.165) is 73.7 Å². The summed E-state index contributed by atoms with van der Waals surface area (Å²) in [6.07, 6.45) is 50.7. The van der Waals surface area contributed by atoms with Crippen LogP contribution >= 0.6 is 0 Å². The Bertz CT molecular complexity index is 3240. The number of benzene rings is 3. The Morgan fingerprint density at radius 1 is 0.822 bits per heavy atom. The molecule has 2 heterocycles. The van der Waals surface area contributed by atoms with Crippen LogP contribution in [0.2, 0.25) is 0 Å². The summed E-state index contributed by atoms with van der Waals surface area (Å²) in [7, 11) is 0. The van der Waals surface area contributed by atoms with Crippen LogP contribution < -0.4 is 4.90 Å². The van der Waals surface area contributed by atoms with Gasteiger partial charge in [0.1, 0.15) is 0 Å². The maximum atomic E-state index is 5.69. The van der Waals surface area contributed by atoms with Crippen molar-refractivity contribution in [2.45, 2.75) is 47.1 Å². The van der Waals surface area contributed by atoms with Crippen molar-refractivity contribution in [3.8, 4) is 12.3 Å². The van der Waals surface area contributed by atoms with E-state index in [9.17, 15) is 0 Å². The number of nitrogens with zero attached hydrogens (tertiary/aromatic N) is 4. The summed E-state index contributed by atoms with van der Waals surface area (Å²) in [4.78, 5) is 4.79. The average Bonchev–Trinajstić information content (AvgIpc) is 3.77. The Kier molecular flexibility index (Phi) is 21.8. The van der Waals surface area contributed by atoms with Crippen molar-refractivity contribution < 1.29 is 1.43 Å². The average molecular weight is 959 g/mol. The first-order valence-electron chi connectivity index (χ1n) is 25.0. The molecule has 0 saturated carbocycles. The molecule has 4 heteroatoms. The highest BCUT2D eigenvalue weighted by Crippen LogP contribution is 2.35. The number of terminal acetylenes is 1. The predicted octanol–water partition coefficient (Wildman–Crippen LogP) is 17.9. The third kappa shape index (κ3) is 13.4. The first-order valence-corrected chi connectivity index (χ1v) is 25.0. The van der Waals surface area contributed by atoms with Gasteiger partial charge in [-0.05, 0) is 117 Å². The second-order valence-corrected chi connectivity index (χ2v) is 16.8. The summed E-state index contributed by atoms with van der Waals surface area (Å²) in [6, 6.07) is 25.7. The lowest BCUT2D eigenvalue weighted by molar-refractivity contribution is 0.428. The van der Waals surface area contributed by atoms with Gasteiger partial charge in [-0.25, -0.2) is 0 Å². The molecule has 5 aromatic rings. The summed E-state index contributed by atoms with van der Waals surface area (Å²) in [6.45, 7) is 38.4. The van der Waals surface area contributed by atoms with Crippen LogP contribution in [0.15, 0.2) is 256 Å². The Labute approximate surface area is 438 Å². The number of hydrogen-bond acceptors (Lipinski definition) is 2. The van der Waals surface area contributed by atoms with Crippen LogP contribution in [0.4, 0.5) is 5.69 Å². The van der Waals surface area contributed by atoms with Crippen LogP contribution in [0, 0.1) is 12.3 Å². The van der Waals surface area contributed by atoms with Crippen molar-refractivity contribution in [2.24, 2.45) is 0 Å². The van der Waals surface area contributed by atoms with Crippen LogP contribution in [-0.2, 0) is 13.0 Å². The first-order chi connectivity index (χ1) is 35.8. The first kappa shape index (κ1) is 55.2. The molecule has 0 amide bonds. The van der Waals surface area contributed by atoms with Crippen LogP contribution in [0.1, 0.15) is 63.6 Å². The fourth-order valence-electron chi connectivity index (χ4n) is 9.10. The van der Waals surface area contributed by atoms with E-state index in [1.807, 2.05) is 61.6 Å². The lowest BCUT2D eigenvalue weighted by atomic mass is 10.0. The van der Waals surface area contributed by atoms with Crippen molar-refractivity contribution in [3.63, 3.8) is 0 Å². The molecule has 3 aromatic carbocycles.